The van der Waals surface area contributed by atoms with Gasteiger partial charge in [0.1, 0.15) is 10.8 Å². The topological polar surface area (TPSA) is 101 Å². The van der Waals surface area contributed by atoms with Crippen LogP contribution in [0.25, 0.3) is 0 Å². The lowest BCUT2D eigenvalue weighted by atomic mass is 10.1. The Bertz CT molecular complexity index is 1170. The molecule has 0 aliphatic carbocycles. The molecule has 8 heteroatoms. The molecular weight excluding hydrogens is 414 g/mol. The fourth-order valence-corrected chi connectivity index (χ4v) is 3.85. The summed E-state index contributed by atoms with van der Waals surface area (Å²) < 4.78 is 5.12. The number of ether oxygens (including phenoxy) is 1. The van der Waals surface area contributed by atoms with Gasteiger partial charge in [0.15, 0.2) is 5.78 Å². The highest BCUT2D eigenvalue weighted by Crippen LogP contribution is 2.36. The molecule has 0 saturated heterocycles. The van der Waals surface area contributed by atoms with E-state index in [4.69, 9.17) is 4.74 Å². The number of carbonyl (C=O) groups is 2. The van der Waals surface area contributed by atoms with Gasteiger partial charge in [0.05, 0.1) is 28.4 Å². The molecule has 3 aromatic rings. The third-order valence-electron chi connectivity index (χ3n) is 4.30. The Labute approximate surface area is 183 Å². The van der Waals surface area contributed by atoms with E-state index in [0.717, 1.165) is 11.3 Å². The Morgan fingerprint density at radius 2 is 1.81 bits per heavy atom. The average molecular weight is 436 g/mol. The smallest absolute Gasteiger partial charge is 0.341 e. The van der Waals surface area contributed by atoms with Gasteiger partial charge in [-0.3, -0.25) is 4.79 Å². The minimum atomic E-state index is -0.537. The highest BCUT2D eigenvalue weighted by atomic mass is 32.1. The summed E-state index contributed by atoms with van der Waals surface area (Å²) in [5, 5.41) is 18.9. The van der Waals surface area contributed by atoms with Gasteiger partial charge in [-0.05, 0) is 56.7 Å². The number of esters is 1. The standard InChI is InChI=1S/C23H21N3O4S/c1-4-30-23(29)20-14(2)21(15(3)27)31-22(20)24-13-16-12-18(10-11-19(16)28)26-25-17-8-6-5-7-9-17/h5-13,28H,4H2,1-3H3. The first-order valence-corrected chi connectivity index (χ1v) is 10.4. The first-order chi connectivity index (χ1) is 14.9. The van der Waals surface area contributed by atoms with Crippen molar-refractivity contribution in [3.05, 3.63) is 70.1 Å². The first-order valence-electron chi connectivity index (χ1n) is 9.56. The Balaban J connectivity index is 1.94. The van der Waals surface area contributed by atoms with Crippen LogP contribution in [-0.4, -0.2) is 29.7 Å². The van der Waals surface area contributed by atoms with Crippen molar-refractivity contribution in [2.75, 3.05) is 6.61 Å². The second-order valence-electron chi connectivity index (χ2n) is 6.55. The summed E-state index contributed by atoms with van der Waals surface area (Å²) in [6, 6.07) is 14.0. The molecule has 158 valence electrons. The van der Waals surface area contributed by atoms with Crippen LogP contribution < -0.4 is 0 Å². The Morgan fingerprint density at radius 3 is 2.48 bits per heavy atom. The summed E-state index contributed by atoms with van der Waals surface area (Å²) in [5.41, 5.74) is 2.43. The zero-order valence-electron chi connectivity index (χ0n) is 17.3. The fraction of sp³-hybridized carbons (Fsp3) is 0.174. The molecule has 1 heterocycles. The van der Waals surface area contributed by atoms with Gasteiger partial charge in [-0.15, -0.1) is 11.3 Å². The maximum atomic E-state index is 12.4. The van der Waals surface area contributed by atoms with Gasteiger partial charge in [-0.2, -0.15) is 10.2 Å². The molecular formula is C23H21N3O4S. The molecule has 0 unspecified atom stereocenters. The molecule has 0 saturated carbocycles. The number of hydrogen-bond acceptors (Lipinski definition) is 8. The largest absolute Gasteiger partial charge is 0.507 e. The molecule has 0 atom stereocenters. The van der Waals surface area contributed by atoms with E-state index in [1.165, 1.54) is 19.2 Å². The number of carbonyl (C=O) groups excluding carboxylic acids is 2. The van der Waals surface area contributed by atoms with Crippen molar-refractivity contribution < 1.29 is 19.4 Å². The van der Waals surface area contributed by atoms with Crippen LogP contribution >= 0.6 is 11.3 Å². The Morgan fingerprint density at radius 1 is 1.10 bits per heavy atom. The summed E-state index contributed by atoms with van der Waals surface area (Å²) in [5.74, 6) is -0.689. The molecule has 0 spiro atoms. The highest BCUT2D eigenvalue weighted by molar-refractivity contribution is 7.18. The summed E-state index contributed by atoms with van der Waals surface area (Å²) in [4.78, 5) is 29.1. The van der Waals surface area contributed by atoms with E-state index >= 15 is 0 Å². The van der Waals surface area contributed by atoms with Crippen LogP contribution in [0.15, 0.2) is 63.8 Å². The van der Waals surface area contributed by atoms with Gasteiger partial charge in [-0.1, -0.05) is 18.2 Å². The molecule has 0 radical (unpaired) electrons. The molecule has 0 bridgehead atoms. The first kappa shape index (κ1) is 22.0. The summed E-state index contributed by atoms with van der Waals surface area (Å²) in [6.07, 6.45) is 1.43. The molecule has 0 aliphatic rings. The van der Waals surface area contributed by atoms with Crippen LogP contribution in [0.3, 0.4) is 0 Å². The fourth-order valence-electron chi connectivity index (χ4n) is 2.81. The molecule has 0 amide bonds. The van der Waals surface area contributed by atoms with Crippen LogP contribution in [0.5, 0.6) is 5.75 Å². The lowest BCUT2D eigenvalue weighted by molar-refractivity contribution is 0.0527. The van der Waals surface area contributed by atoms with E-state index in [1.54, 1.807) is 26.0 Å². The van der Waals surface area contributed by atoms with Gasteiger partial charge >= 0.3 is 5.97 Å². The lowest BCUT2D eigenvalue weighted by Crippen LogP contribution is -2.06. The van der Waals surface area contributed by atoms with Crippen LogP contribution in [-0.2, 0) is 4.74 Å². The third-order valence-corrected chi connectivity index (χ3v) is 5.60. The monoisotopic (exact) mass is 435 g/mol. The minimum Gasteiger partial charge on any atom is -0.507 e. The predicted octanol–water partition coefficient (Wildman–Crippen LogP) is 6.31. The quantitative estimate of drug-likeness (QED) is 0.203. The van der Waals surface area contributed by atoms with Crippen molar-refractivity contribution in [1.29, 1.82) is 0 Å². The maximum Gasteiger partial charge on any atom is 0.341 e. The Kier molecular flexibility index (Phi) is 7.04. The number of phenolic OH excluding ortho intramolecular Hbond substituents is 1. The minimum absolute atomic E-state index is 0.000153. The number of nitrogens with zero attached hydrogens (tertiary/aromatic N) is 3. The number of phenols is 1. The van der Waals surface area contributed by atoms with Crippen molar-refractivity contribution in [2.45, 2.75) is 20.8 Å². The van der Waals surface area contributed by atoms with Gasteiger partial charge in [0.2, 0.25) is 0 Å². The molecule has 31 heavy (non-hydrogen) atoms. The van der Waals surface area contributed by atoms with E-state index < -0.39 is 5.97 Å². The van der Waals surface area contributed by atoms with E-state index in [1.807, 2.05) is 30.3 Å². The van der Waals surface area contributed by atoms with Gasteiger partial charge in [-0.25, -0.2) is 9.79 Å². The highest BCUT2D eigenvalue weighted by Gasteiger charge is 2.23. The van der Waals surface area contributed by atoms with E-state index in [9.17, 15) is 14.7 Å². The number of aliphatic imine (C=N–C) groups is 1. The van der Waals surface area contributed by atoms with Crippen LogP contribution in [0, 0.1) is 6.92 Å². The van der Waals surface area contributed by atoms with E-state index in [2.05, 4.69) is 15.2 Å². The van der Waals surface area contributed by atoms with Crippen molar-refractivity contribution >= 4 is 45.7 Å². The summed E-state index contributed by atoms with van der Waals surface area (Å²) in [7, 11) is 0. The number of Topliss-reactive ketones (excluding diaryl/α,β-unsaturated/α-hetero) is 1. The Hall–Kier alpha value is -3.65. The van der Waals surface area contributed by atoms with Crippen molar-refractivity contribution in [3.63, 3.8) is 0 Å². The lowest BCUT2D eigenvalue weighted by Gasteiger charge is -2.03. The number of thiophene rings is 1. The molecule has 1 N–H and O–H groups in total. The number of benzene rings is 2. The number of hydrogen-bond donors (Lipinski definition) is 1. The van der Waals surface area contributed by atoms with Crippen molar-refractivity contribution in [3.8, 4) is 5.75 Å². The molecule has 0 fully saturated rings. The van der Waals surface area contributed by atoms with Crippen LogP contribution in [0.2, 0.25) is 0 Å². The van der Waals surface area contributed by atoms with Gasteiger partial charge in [0, 0.05) is 11.8 Å². The second-order valence-corrected chi connectivity index (χ2v) is 7.55. The normalized spacial score (nSPS) is 11.3. The zero-order valence-corrected chi connectivity index (χ0v) is 18.1. The molecule has 1 aromatic heterocycles. The number of aromatic hydroxyl groups is 1. The van der Waals surface area contributed by atoms with Crippen LogP contribution in [0.4, 0.5) is 16.4 Å². The molecule has 0 aliphatic heterocycles. The zero-order chi connectivity index (χ0) is 22.4. The van der Waals surface area contributed by atoms with Crippen molar-refractivity contribution in [2.24, 2.45) is 15.2 Å². The predicted molar refractivity (Wildman–Crippen MR) is 121 cm³/mol. The SMILES string of the molecule is CCOC(=O)c1c(N=Cc2cc(N=Nc3ccccc3)ccc2O)sc(C(C)=O)c1C. The number of rotatable bonds is 7. The van der Waals surface area contributed by atoms with Crippen LogP contribution in [0.1, 0.15) is 45.0 Å². The number of azo groups is 1. The van der Waals surface area contributed by atoms with Gasteiger partial charge < -0.3 is 9.84 Å². The summed E-state index contributed by atoms with van der Waals surface area (Å²) in [6.45, 7) is 5.05. The van der Waals surface area contributed by atoms with Crippen molar-refractivity contribution in [1.82, 2.24) is 0 Å². The second kappa shape index (κ2) is 9.90. The third kappa shape index (κ3) is 5.29. The summed E-state index contributed by atoms with van der Waals surface area (Å²) >= 11 is 1.11. The maximum absolute atomic E-state index is 12.4. The number of ketones is 1. The molecule has 2 aromatic carbocycles. The van der Waals surface area contributed by atoms with E-state index in [-0.39, 0.29) is 23.7 Å². The van der Waals surface area contributed by atoms with Gasteiger partial charge in [0.25, 0.3) is 0 Å². The molecule has 7 nitrogen and oxygen atoms in total. The molecule has 3 rings (SSSR count). The van der Waals surface area contributed by atoms with E-state index in [0.29, 0.717) is 32.4 Å². The average Bonchev–Trinajstić information content (AvgIpc) is 3.09.